The van der Waals surface area contributed by atoms with Gasteiger partial charge in [0.05, 0.1) is 19.1 Å². The summed E-state index contributed by atoms with van der Waals surface area (Å²) in [6.45, 7) is 12.5. The summed E-state index contributed by atoms with van der Waals surface area (Å²) < 4.78 is 16.4. The number of carbonyl (C=O) groups excluding carboxylic acids is 3. The second kappa shape index (κ2) is 13.1. The van der Waals surface area contributed by atoms with Crippen LogP contribution in [0.3, 0.4) is 0 Å². The molecule has 0 aromatic heterocycles. The van der Waals surface area contributed by atoms with Crippen molar-refractivity contribution in [2.45, 2.75) is 130 Å². The molecule has 5 rings (SSSR count). The molecule has 46 heavy (non-hydrogen) atoms. The Morgan fingerprint density at radius 1 is 1.07 bits per heavy atom. The average Bonchev–Trinajstić information content (AvgIpc) is 3.21. The normalized spacial score (nSPS) is 42.1. The minimum Gasteiger partial charge on any atom is -0.504 e. The SMILES string of the molecule is CC[C@@H](C(=O)C[C@@H](C)C1=C(O)C(=O)[C@@H]2C3=CC[C@H]4C[C@@H](O[C@@H]5O[C@H](C(=O)OC)[C@@H](O)[C@H](O)[C@H]5O)CC[C@]4(C)[C@H]3CC[C@]12C)C(C)C. The van der Waals surface area contributed by atoms with Crippen LogP contribution in [0.2, 0.25) is 0 Å². The maximum absolute atomic E-state index is 13.9. The molecular formula is C36H54O10. The molecule has 0 radical (unpaired) electrons. The maximum Gasteiger partial charge on any atom is 0.337 e. The second-order valence-corrected chi connectivity index (χ2v) is 15.5. The van der Waals surface area contributed by atoms with Gasteiger partial charge in [-0.25, -0.2) is 4.79 Å². The standard InChI is InChI=1S/C36H54O10/c1-8-21(17(2)3)24(37)15-18(4)25-27(38)28(39)26-22-10-9-19-16-20(11-13-35(19,5)23(22)12-14-36(25,26)6)45-34-31(42)29(40)30(41)32(46-34)33(43)44-7/h10,17-21,23,26,29-32,34,38,40-42H,8-9,11-16H2,1-7H3/t18-,19+,20+,21-,23+,26+,29+,30+,31-,32+,34-,35+,36-/m1/s1. The highest BCUT2D eigenvalue weighted by Crippen LogP contribution is 2.65. The van der Waals surface area contributed by atoms with Gasteiger partial charge in [-0.15, -0.1) is 0 Å². The fourth-order valence-electron chi connectivity index (χ4n) is 10.1. The monoisotopic (exact) mass is 646 g/mol. The van der Waals surface area contributed by atoms with Crippen LogP contribution in [0.1, 0.15) is 92.9 Å². The summed E-state index contributed by atoms with van der Waals surface area (Å²) in [5.41, 5.74) is 1.24. The van der Waals surface area contributed by atoms with Gasteiger partial charge in [-0.05, 0) is 79.6 Å². The topological polar surface area (TPSA) is 160 Å². The number of aliphatic hydroxyl groups is 4. The molecule has 1 saturated heterocycles. The van der Waals surface area contributed by atoms with Crippen LogP contribution in [0.25, 0.3) is 0 Å². The molecule has 0 amide bonds. The van der Waals surface area contributed by atoms with Gasteiger partial charge in [0.1, 0.15) is 24.1 Å². The summed E-state index contributed by atoms with van der Waals surface area (Å²) in [6, 6.07) is 0. The Hall–Kier alpha value is -2.11. The second-order valence-electron chi connectivity index (χ2n) is 15.5. The number of methoxy groups -OCH3 is 1. The van der Waals surface area contributed by atoms with Gasteiger partial charge in [-0.1, -0.05) is 53.2 Å². The van der Waals surface area contributed by atoms with Crippen LogP contribution in [0.15, 0.2) is 23.0 Å². The number of ketones is 2. The number of ether oxygens (including phenoxy) is 3. The first-order chi connectivity index (χ1) is 21.6. The first kappa shape index (κ1) is 35.2. The molecule has 3 fully saturated rings. The summed E-state index contributed by atoms with van der Waals surface area (Å²) in [5, 5.41) is 42.5. The van der Waals surface area contributed by atoms with Crippen molar-refractivity contribution in [3.8, 4) is 0 Å². The number of allylic oxidation sites excluding steroid dienone is 4. The Labute approximate surface area is 272 Å². The number of carbonyl (C=O) groups is 3. The molecule has 0 spiro atoms. The van der Waals surface area contributed by atoms with E-state index in [1.54, 1.807) is 0 Å². The number of hydrogen-bond donors (Lipinski definition) is 4. The van der Waals surface area contributed by atoms with Crippen molar-refractivity contribution in [3.05, 3.63) is 23.0 Å². The van der Waals surface area contributed by atoms with Gasteiger partial charge in [-0.2, -0.15) is 0 Å². The molecule has 5 aliphatic rings. The molecule has 4 aliphatic carbocycles. The summed E-state index contributed by atoms with van der Waals surface area (Å²) >= 11 is 0. The Kier molecular flexibility index (Phi) is 10.0. The Bertz CT molecular complexity index is 1270. The lowest BCUT2D eigenvalue weighted by Gasteiger charge is -2.57. The molecule has 4 N–H and O–H groups in total. The predicted octanol–water partition coefficient (Wildman–Crippen LogP) is 4.19. The molecule has 10 heteroatoms. The molecular weight excluding hydrogens is 592 g/mol. The lowest BCUT2D eigenvalue weighted by molar-refractivity contribution is -0.309. The van der Waals surface area contributed by atoms with E-state index < -0.39 is 48.0 Å². The zero-order valence-corrected chi connectivity index (χ0v) is 28.4. The van der Waals surface area contributed by atoms with Crippen molar-refractivity contribution in [2.24, 2.45) is 46.3 Å². The minimum atomic E-state index is -1.64. The number of fused-ring (bicyclic) bond motifs is 5. The minimum absolute atomic E-state index is 0.0300. The van der Waals surface area contributed by atoms with E-state index in [2.05, 4.69) is 38.5 Å². The predicted molar refractivity (Wildman–Crippen MR) is 168 cm³/mol. The van der Waals surface area contributed by atoms with E-state index in [1.165, 1.54) is 0 Å². The van der Waals surface area contributed by atoms with E-state index in [0.29, 0.717) is 19.3 Å². The van der Waals surface area contributed by atoms with Crippen LogP contribution in [0.4, 0.5) is 0 Å². The van der Waals surface area contributed by atoms with E-state index in [9.17, 15) is 34.8 Å². The smallest absolute Gasteiger partial charge is 0.337 e. The van der Waals surface area contributed by atoms with Gasteiger partial charge in [0.2, 0.25) is 5.78 Å². The number of hydrogen-bond acceptors (Lipinski definition) is 10. The van der Waals surface area contributed by atoms with Crippen LogP contribution < -0.4 is 0 Å². The third-order valence-electron chi connectivity index (χ3n) is 12.6. The van der Waals surface area contributed by atoms with Crippen molar-refractivity contribution in [3.63, 3.8) is 0 Å². The molecule has 0 bridgehead atoms. The lowest BCUT2D eigenvalue weighted by Crippen LogP contribution is -2.61. The van der Waals surface area contributed by atoms with Crippen molar-refractivity contribution in [1.29, 1.82) is 0 Å². The van der Waals surface area contributed by atoms with Crippen molar-refractivity contribution >= 4 is 17.5 Å². The molecule has 0 unspecified atom stereocenters. The van der Waals surface area contributed by atoms with Crippen LogP contribution >= 0.6 is 0 Å². The Morgan fingerprint density at radius 2 is 1.76 bits per heavy atom. The average molecular weight is 647 g/mol. The molecule has 1 aliphatic heterocycles. The van der Waals surface area contributed by atoms with Crippen molar-refractivity contribution in [2.75, 3.05) is 7.11 Å². The van der Waals surface area contributed by atoms with Crippen LogP contribution in [0, 0.1) is 46.3 Å². The summed E-state index contributed by atoms with van der Waals surface area (Å²) in [5.74, 6) is -1.04. The quantitative estimate of drug-likeness (QED) is 0.211. The van der Waals surface area contributed by atoms with Crippen LogP contribution in [-0.2, 0) is 28.6 Å². The Morgan fingerprint density at radius 3 is 2.39 bits per heavy atom. The number of esters is 1. The van der Waals surface area contributed by atoms with Crippen LogP contribution in [0.5, 0.6) is 0 Å². The summed E-state index contributed by atoms with van der Waals surface area (Å²) in [7, 11) is 1.15. The fourth-order valence-corrected chi connectivity index (χ4v) is 10.1. The first-order valence-corrected chi connectivity index (χ1v) is 17.2. The lowest BCUT2D eigenvalue weighted by atomic mass is 9.47. The van der Waals surface area contributed by atoms with Gasteiger partial charge in [0.15, 0.2) is 18.2 Å². The highest BCUT2D eigenvalue weighted by Gasteiger charge is 2.61. The van der Waals surface area contributed by atoms with Crippen molar-refractivity contribution in [1.82, 2.24) is 0 Å². The largest absolute Gasteiger partial charge is 0.504 e. The third-order valence-corrected chi connectivity index (χ3v) is 12.6. The number of rotatable bonds is 9. The number of Topliss-reactive ketones (excluding diaryl/α,β-unsaturated/α-hetero) is 2. The molecule has 0 aromatic carbocycles. The van der Waals surface area contributed by atoms with E-state index >= 15 is 0 Å². The van der Waals surface area contributed by atoms with Gasteiger partial charge < -0.3 is 34.6 Å². The van der Waals surface area contributed by atoms with E-state index in [-0.39, 0.29) is 58.4 Å². The van der Waals surface area contributed by atoms with Gasteiger partial charge in [0.25, 0.3) is 0 Å². The van der Waals surface area contributed by atoms with E-state index in [0.717, 1.165) is 50.4 Å². The van der Waals surface area contributed by atoms with Gasteiger partial charge in [-0.3, -0.25) is 9.59 Å². The molecule has 10 nitrogen and oxygen atoms in total. The first-order valence-electron chi connectivity index (χ1n) is 17.2. The van der Waals surface area contributed by atoms with Crippen molar-refractivity contribution < 1.29 is 49.0 Å². The van der Waals surface area contributed by atoms with Crippen LogP contribution in [-0.4, -0.2) is 81.9 Å². The van der Waals surface area contributed by atoms with E-state index in [4.69, 9.17) is 9.47 Å². The number of aliphatic hydroxyl groups excluding tert-OH is 4. The zero-order valence-electron chi connectivity index (χ0n) is 28.4. The molecule has 0 aromatic rings. The van der Waals surface area contributed by atoms with Gasteiger partial charge in [0, 0.05) is 17.8 Å². The highest BCUT2D eigenvalue weighted by molar-refractivity contribution is 6.02. The summed E-state index contributed by atoms with van der Waals surface area (Å²) in [6.07, 6.45) is -0.0631. The van der Waals surface area contributed by atoms with E-state index in [1.807, 2.05) is 13.8 Å². The molecule has 1 heterocycles. The maximum atomic E-state index is 13.9. The zero-order chi connectivity index (χ0) is 33.9. The van der Waals surface area contributed by atoms with Gasteiger partial charge >= 0.3 is 5.97 Å². The molecule has 13 atom stereocenters. The Balaban J connectivity index is 1.31. The fraction of sp³-hybridized carbons (Fsp3) is 0.806. The third kappa shape index (κ3) is 5.70. The highest BCUT2D eigenvalue weighted by atomic mass is 16.7. The molecule has 2 saturated carbocycles. The summed E-state index contributed by atoms with van der Waals surface area (Å²) in [4.78, 5) is 39.2. The molecule has 258 valence electrons.